The van der Waals surface area contributed by atoms with Crippen LogP contribution in [-0.4, -0.2) is 0 Å². The monoisotopic (exact) mass is 130 g/mol. The van der Waals surface area contributed by atoms with Crippen molar-refractivity contribution in [2.45, 2.75) is 6.42 Å². The predicted octanol–water partition coefficient (Wildman–Crippen LogP) is 0.457. The van der Waals surface area contributed by atoms with Crippen molar-refractivity contribution in [1.29, 1.82) is 21.0 Å². The van der Waals surface area contributed by atoms with Crippen LogP contribution >= 0.6 is 0 Å². The van der Waals surface area contributed by atoms with E-state index in [1.807, 2.05) is 0 Å². The van der Waals surface area contributed by atoms with Gasteiger partial charge in [-0.15, -0.1) is 0 Å². The molecular formula is C6H2N4. The van der Waals surface area contributed by atoms with Crippen molar-refractivity contribution >= 4 is 0 Å². The Morgan fingerprint density at radius 3 is 1.40 bits per heavy atom. The lowest BCUT2D eigenvalue weighted by Gasteiger charge is -1.99. The van der Waals surface area contributed by atoms with Gasteiger partial charge in [0.05, 0.1) is 12.5 Å². The van der Waals surface area contributed by atoms with Gasteiger partial charge in [0.2, 0.25) is 5.41 Å². The summed E-state index contributed by atoms with van der Waals surface area (Å²) in [4.78, 5) is 0. The van der Waals surface area contributed by atoms with Gasteiger partial charge in [-0.3, -0.25) is 0 Å². The summed E-state index contributed by atoms with van der Waals surface area (Å²) >= 11 is 0. The molecule has 0 atom stereocenters. The van der Waals surface area contributed by atoms with Crippen LogP contribution in [0.1, 0.15) is 6.42 Å². The van der Waals surface area contributed by atoms with Crippen LogP contribution in [0.3, 0.4) is 0 Å². The van der Waals surface area contributed by atoms with Crippen LogP contribution < -0.4 is 0 Å². The minimum Gasteiger partial charge on any atom is -0.198 e. The lowest BCUT2D eigenvalue weighted by molar-refractivity contribution is 0.700. The Kier molecular flexibility index (Phi) is 2.45. The quantitative estimate of drug-likeness (QED) is 0.515. The number of hydrogen-bond acceptors (Lipinski definition) is 4. The third-order valence-corrected chi connectivity index (χ3v) is 0.917. The molecule has 0 fully saturated rings. The molecule has 0 amide bonds. The Bertz CT molecular complexity index is 241. The highest BCUT2D eigenvalue weighted by molar-refractivity contribution is 5.27. The zero-order chi connectivity index (χ0) is 8.04. The van der Waals surface area contributed by atoms with Gasteiger partial charge in [0, 0.05) is 0 Å². The standard InChI is InChI=1S/C6H2N4/c7-2-1-6(3-8,4-9)5-10/h1H2. The van der Waals surface area contributed by atoms with Gasteiger partial charge in [0.15, 0.2) is 0 Å². The van der Waals surface area contributed by atoms with E-state index in [4.69, 9.17) is 21.0 Å². The summed E-state index contributed by atoms with van der Waals surface area (Å²) in [6, 6.07) is 6.01. The largest absolute Gasteiger partial charge is 0.241 e. The Labute approximate surface area is 58.1 Å². The molecule has 0 aromatic heterocycles. The summed E-state index contributed by atoms with van der Waals surface area (Å²) in [6.45, 7) is 0. The second-order valence-corrected chi connectivity index (χ2v) is 1.58. The zero-order valence-electron chi connectivity index (χ0n) is 5.00. The molecule has 0 radical (unpaired) electrons. The van der Waals surface area contributed by atoms with Crippen molar-refractivity contribution in [3.8, 4) is 24.3 Å². The molecule has 0 rings (SSSR count). The van der Waals surface area contributed by atoms with Crippen molar-refractivity contribution in [3.05, 3.63) is 0 Å². The van der Waals surface area contributed by atoms with Crippen molar-refractivity contribution in [2.75, 3.05) is 0 Å². The third kappa shape index (κ3) is 1.22. The molecule has 0 aromatic carbocycles. The van der Waals surface area contributed by atoms with E-state index in [1.165, 1.54) is 18.2 Å². The highest BCUT2D eigenvalue weighted by atomic mass is 14.4. The van der Waals surface area contributed by atoms with E-state index in [2.05, 4.69) is 0 Å². The minimum absolute atomic E-state index is 0.365. The lowest BCUT2D eigenvalue weighted by Crippen LogP contribution is -2.11. The minimum atomic E-state index is -1.77. The molecule has 0 bridgehead atoms. The van der Waals surface area contributed by atoms with E-state index in [-0.39, 0.29) is 6.42 Å². The number of nitriles is 4. The Morgan fingerprint density at radius 2 is 1.30 bits per heavy atom. The fourth-order valence-corrected chi connectivity index (χ4v) is 0.312. The molecule has 0 spiro atoms. The summed E-state index contributed by atoms with van der Waals surface area (Å²) in [5.74, 6) is 0. The molecule has 10 heavy (non-hydrogen) atoms. The first-order valence-electron chi connectivity index (χ1n) is 2.35. The van der Waals surface area contributed by atoms with Gasteiger partial charge in [-0.1, -0.05) is 0 Å². The summed E-state index contributed by atoms with van der Waals surface area (Å²) in [5.41, 5.74) is -1.77. The van der Waals surface area contributed by atoms with Crippen molar-refractivity contribution in [2.24, 2.45) is 5.41 Å². The Balaban J connectivity index is 4.66. The topological polar surface area (TPSA) is 95.2 Å². The van der Waals surface area contributed by atoms with E-state index in [0.717, 1.165) is 0 Å². The molecule has 0 N–H and O–H groups in total. The Morgan fingerprint density at radius 1 is 0.900 bits per heavy atom. The molecular weight excluding hydrogens is 128 g/mol. The lowest BCUT2D eigenvalue weighted by atomic mass is 9.91. The highest BCUT2D eigenvalue weighted by Gasteiger charge is 2.29. The first-order valence-corrected chi connectivity index (χ1v) is 2.35. The number of nitrogens with zero attached hydrogens (tertiary/aromatic N) is 4. The molecule has 0 aliphatic carbocycles. The predicted molar refractivity (Wildman–Crippen MR) is 29.5 cm³/mol. The molecule has 0 saturated heterocycles. The van der Waals surface area contributed by atoms with Crippen LogP contribution in [0.15, 0.2) is 0 Å². The summed E-state index contributed by atoms with van der Waals surface area (Å²) in [7, 11) is 0. The molecule has 46 valence electrons. The van der Waals surface area contributed by atoms with E-state index in [0.29, 0.717) is 0 Å². The molecule has 0 aliphatic heterocycles. The zero-order valence-corrected chi connectivity index (χ0v) is 5.00. The van der Waals surface area contributed by atoms with Crippen LogP contribution in [0.5, 0.6) is 0 Å². The fourth-order valence-electron chi connectivity index (χ4n) is 0.312. The van der Waals surface area contributed by atoms with Crippen molar-refractivity contribution in [1.82, 2.24) is 0 Å². The molecule has 0 aliphatic rings. The smallest absolute Gasteiger partial charge is 0.198 e. The summed E-state index contributed by atoms with van der Waals surface area (Å²) in [6.07, 6.45) is -0.365. The van der Waals surface area contributed by atoms with Gasteiger partial charge in [0.1, 0.15) is 18.2 Å². The van der Waals surface area contributed by atoms with E-state index < -0.39 is 5.41 Å². The molecule has 0 unspecified atom stereocenters. The van der Waals surface area contributed by atoms with Crippen LogP contribution in [0.2, 0.25) is 0 Å². The Hall–Kier alpha value is -2.04. The van der Waals surface area contributed by atoms with Gasteiger partial charge in [0.25, 0.3) is 0 Å². The van der Waals surface area contributed by atoms with E-state index in [9.17, 15) is 0 Å². The second kappa shape index (κ2) is 3.08. The SMILES string of the molecule is N#CCC(C#N)(C#N)C#N. The number of hydrogen-bond donors (Lipinski definition) is 0. The van der Waals surface area contributed by atoms with Gasteiger partial charge in [-0.05, 0) is 0 Å². The highest BCUT2D eigenvalue weighted by Crippen LogP contribution is 2.16. The average molecular weight is 130 g/mol. The molecule has 0 saturated carbocycles. The normalized spacial score (nSPS) is 8.00. The second-order valence-electron chi connectivity index (χ2n) is 1.58. The van der Waals surface area contributed by atoms with Gasteiger partial charge in [-0.2, -0.15) is 21.0 Å². The molecule has 0 heterocycles. The third-order valence-electron chi connectivity index (χ3n) is 0.917. The first kappa shape index (κ1) is 7.96. The summed E-state index contributed by atoms with van der Waals surface area (Å²) < 4.78 is 0. The maximum atomic E-state index is 8.26. The van der Waals surface area contributed by atoms with Crippen LogP contribution in [0.4, 0.5) is 0 Å². The van der Waals surface area contributed by atoms with Gasteiger partial charge >= 0.3 is 0 Å². The van der Waals surface area contributed by atoms with Gasteiger partial charge in [-0.25, -0.2) is 0 Å². The van der Waals surface area contributed by atoms with Crippen LogP contribution in [0, 0.1) is 50.7 Å². The van der Waals surface area contributed by atoms with Crippen LogP contribution in [-0.2, 0) is 0 Å². The van der Waals surface area contributed by atoms with Crippen molar-refractivity contribution in [3.63, 3.8) is 0 Å². The molecule has 0 aromatic rings. The van der Waals surface area contributed by atoms with Gasteiger partial charge < -0.3 is 0 Å². The van der Waals surface area contributed by atoms with Crippen LogP contribution in [0.25, 0.3) is 0 Å². The average Bonchev–Trinajstić information content (AvgIpc) is 2.01. The maximum Gasteiger partial charge on any atom is 0.241 e. The molecule has 4 nitrogen and oxygen atoms in total. The summed E-state index contributed by atoms with van der Waals surface area (Å²) in [5, 5.41) is 32.9. The van der Waals surface area contributed by atoms with Crippen molar-refractivity contribution < 1.29 is 0 Å². The maximum absolute atomic E-state index is 8.26. The van der Waals surface area contributed by atoms with E-state index in [1.54, 1.807) is 6.07 Å². The van der Waals surface area contributed by atoms with E-state index >= 15 is 0 Å². The fraction of sp³-hybridized carbons (Fsp3) is 0.333. The molecule has 4 heteroatoms. The first-order chi connectivity index (χ1) is 4.74. The number of rotatable bonds is 1.